The Kier molecular flexibility index (Phi) is 6.71. The molecule has 2 aliphatic rings. The Bertz CT molecular complexity index is 1140. The summed E-state index contributed by atoms with van der Waals surface area (Å²) >= 11 is 0. The number of amides is 1. The minimum Gasteiger partial charge on any atom is -0.439 e. The molecule has 1 unspecified atom stereocenters. The molecule has 0 saturated carbocycles. The average Bonchev–Trinajstić information content (AvgIpc) is 3.40. The molecule has 8 nitrogen and oxygen atoms in total. The number of rotatable bonds is 6. The van der Waals surface area contributed by atoms with Gasteiger partial charge in [-0.3, -0.25) is 25.5 Å². The summed E-state index contributed by atoms with van der Waals surface area (Å²) in [7, 11) is 3.68. The van der Waals surface area contributed by atoms with Crippen molar-refractivity contribution in [1.82, 2.24) is 30.6 Å². The zero-order chi connectivity index (χ0) is 23.5. The number of fused-ring (bicyclic) bond motifs is 1. The van der Waals surface area contributed by atoms with E-state index >= 15 is 0 Å². The number of benzene rings is 1. The summed E-state index contributed by atoms with van der Waals surface area (Å²) in [6, 6.07) is 12.4. The van der Waals surface area contributed by atoms with Crippen molar-refractivity contribution in [2.75, 3.05) is 33.7 Å². The Balaban J connectivity index is 1.19. The van der Waals surface area contributed by atoms with E-state index < -0.39 is 0 Å². The minimum absolute atomic E-state index is 0.154. The average molecular weight is 461 g/mol. The lowest BCUT2D eigenvalue weighted by Gasteiger charge is -2.32. The maximum absolute atomic E-state index is 12.2. The molecule has 178 valence electrons. The largest absolute Gasteiger partial charge is 0.439 e. The van der Waals surface area contributed by atoms with Crippen molar-refractivity contribution in [2.24, 2.45) is 5.92 Å². The molecule has 8 heteroatoms. The van der Waals surface area contributed by atoms with E-state index in [1.807, 2.05) is 50.8 Å². The standard InChI is InChI=1S/C26H32N6O2/c1-31(2)26(33)19-8-11-32(12-9-19)17-18-13-20-3-5-22(14-24(20)27-15-18)34-25-6-4-21(16-28-25)23-7-10-29-30-23/h3-6,13-16,19,23,29-30H,7-12,17H2,1-2H3. The van der Waals surface area contributed by atoms with Gasteiger partial charge in [0.25, 0.3) is 0 Å². The fraction of sp³-hybridized carbons (Fsp3) is 0.423. The molecule has 0 bridgehead atoms. The number of piperidine rings is 1. The summed E-state index contributed by atoms with van der Waals surface area (Å²) in [6.45, 7) is 3.69. The van der Waals surface area contributed by atoms with Gasteiger partial charge < -0.3 is 9.64 Å². The number of likely N-dealkylation sites (tertiary alicyclic amines) is 1. The van der Waals surface area contributed by atoms with E-state index in [1.165, 1.54) is 5.56 Å². The van der Waals surface area contributed by atoms with Crippen LogP contribution in [0.2, 0.25) is 0 Å². The predicted molar refractivity (Wildman–Crippen MR) is 131 cm³/mol. The van der Waals surface area contributed by atoms with E-state index in [0.29, 0.717) is 11.9 Å². The van der Waals surface area contributed by atoms with E-state index in [-0.39, 0.29) is 11.8 Å². The SMILES string of the molecule is CN(C)C(=O)C1CCN(Cc2cnc3cc(Oc4ccc(C5CCNN5)cn4)ccc3c2)CC1. The first-order chi connectivity index (χ1) is 16.5. The third-order valence-corrected chi connectivity index (χ3v) is 6.71. The van der Waals surface area contributed by atoms with Crippen molar-refractivity contribution in [3.05, 3.63) is 59.9 Å². The van der Waals surface area contributed by atoms with Crippen molar-refractivity contribution in [1.29, 1.82) is 0 Å². The van der Waals surface area contributed by atoms with Gasteiger partial charge in [0, 0.05) is 69.1 Å². The Labute approximate surface area is 200 Å². The van der Waals surface area contributed by atoms with Crippen molar-refractivity contribution in [3.63, 3.8) is 0 Å². The second-order valence-corrected chi connectivity index (χ2v) is 9.43. The number of carbonyl (C=O) groups is 1. The molecule has 2 saturated heterocycles. The molecule has 1 aromatic carbocycles. The highest BCUT2D eigenvalue weighted by Gasteiger charge is 2.26. The van der Waals surface area contributed by atoms with Crippen LogP contribution in [0.1, 0.15) is 36.4 Å². The van der Waals surface area contributed by atoms with Crippen LogP contribution < -0.4 is 15.6 Å². The molecule has 2 aliphatic heterocycles. The maximum atomic E-state index is 12.2. The van der Waals surface area contributed by atoms with Crippen LogP contribution in [0.25, 0.3) is 10.9 Å². The van der Waals surface area contributed by atoms with Gasteiger partial charge in [-0.2, -0.15) is 0 Å². The van der Waals surface area contributed by atoms with Crippen molar-refractivity contribution in [3.8, 4) is 11.6 Å². The molecule has 0 aliphatic carbocycles. The number of carbonyl (C=O) groups excluding carboxylic acids is 1. The summed E-state index contributed by atoms with van der Waals surface area (Å²) in [6.07, 6.45) is 6.70. The minimum atomic E-state index is 0.154. The van der Waals surface area contributed by atoms with Gasteiger partial charge in [0.1, 0.15) is 5.75 Å². The monoisotopic (exact) mass is 460 g/mol. The third-order valence-electron chi connectivity index (χ3n) is 6.71. The summed E-state index contributed by atoms with van der Waals surface area (Å²) in [4.78, 5) is 25.5. The summed E-state index contributed by atoms with van der Waals surface area (Å²) in [5.41, 5.74) is 9.63. The molecule has 1 atom stereocenters. The molecule has 2 N–H and O–H groups in total. The number of nitrogens with one attached hydrogen (secondary N) is 2. The second kappa shape index (κ2) is 10.0. The van der Waals surface area contributed by atoms with Crippen LogP contribution in [-0.4, -0.2) is 59.4 Å². The Hall–Kier alpha value is -3.07. The number of hydrogen-bond acceptors (Lipinski definition) is 7. The Morgan fingerprint density at radius 1 is 1.09 bits per heavy atom. The lowest BCUT2D eigenvalue weighted by molar-refractivity contribution is -0.134. The van der Waals surface area contributed by atoms with E-state index in [1.54, 1.807) is 4.90 Å². The molecule has 2 fully saturated rings. The van der Waals surface area contributed by atoms with Crippen LogP contribution in [0.15, 0.2) is 48.8 Å². The molecule has 4 heterocycles. The fourth-order valence-electron chi connectivity index (χ4n) is 4.77. The first kappa shape index (κ1) is 22.7. The van der Waals surface area contributed by atoms with Crippen LogP contribution in [0, 0.1) is 5.92 Å². The lowest BCUT2D eigenvalue weighted by atomic mass is 9.95. The molecule has 5 rings (SSSR count). The van der Waals surface area contributed by atoms with E-state index in [4.69, 9.17) is 4.74 Å². The topological polar surface area (TPSA) is 82.6 Å². The highest BCUT2D eigenvalue weighted by atomic mass is 16.5. The Morgan fingerprint density at radius 2 is 1.94 bits per heavy atom. The summed E-state index contributed by atoms with van der Waals surface area (Å²) in [5.74, 6) is 1.70. The number of nitrogens with zero attached hydrogens (tertiary/aromatic N) is 4. The van der Waals surface area contributed by atoms with Crippen LogP contribution in [0.5, 0.6) is 11.6 Å². The molecule has 1 amide bonds. The van der Waals surface area contributed by atoms with Crippen LogP contribution >= 0.6 is 0 Å². The number of hydrazine groups is 1. The van der Waals surface area contributed by atoms with Crippen molar-refractivity contribution >= 4 is 16.8 Å². The van der Waals surface area contributed by atoms with Gasteiger partial charge in [0.2, 0.25) is 11.8 Å². The van der Waals surface area contributed by atoms with Crippen LogP contribution in [0.3, 0.4) is 0 Å². The highest BCUT2D eigenvalue weighted by Crippen LogP contribution is 2.27. The maximum Gasteiger partial charge on any atom is 0.225 e. The molecule has 3 aromatic rings. The van der Waals surface area contributed by atoms with E-state index in [0.717, 1.165) is 67.7 Å². The van der Waals surface area contributed by atoms with Gasteiger partial charge in [-0.15, -0.1) is 0 Å². The second-order valence-electron chi connectivity index (χ2n) is 9.43. The van der Waals surface area contributed by atoms with E-state index in [9.17, 15) is 4.79 Å². The number of aromatic nitrogens is 2. The van der Waals surface area contributed by atoms with Gasteiger partial charge in [-0.1, -0.05) is 6.07 Å². The molecular formula is C26H32N6O2. The predicted octanol–water partition coefficient (Wildman–Crippen LogP) is 3.26. The smallest absolute Gasteiger partial charge is 0.225 e. The van der Waals surface area contributed by atoms with Crippen molar-refractivity contribution in [2.45, 2.75) is 31.8 Å². The van der Waals surface area contributed by atoms with Crippen LogP contribution in [0.4, 0.5) is 0 Å². The number of ether oxygens (including phenoxy) is 1. The summed E-state index contributed by atoms with van der Waals surface area (Å²) < 4.78 is 5.98. The highest BCUT2D eigenvalue weighted by molar-refractivity contribution is 5.80. The fourth-order valence-corrected chi connectivity index (χ4v) is 4.77. The number of pyridine rings is 2. The van der Waals surface area contributed by atoms with Crippen molar-refractivity contribution < 1.29 is 9.53 Å². The Morgan fingerprint density at radius 3 is 2.65 bits per heavy atom. The van der Waals surface area contributed by atoms with Gasteiger partial charge in [-0.25, -0.2) is 4.98 Å². The molecule has 0 radical (unpaired) electrons. The van der Waals surface area contributed by atoms with Gasteiger partial charge in [-0.05, 0) is 61.7 Å². The van der Waals surface area contributed by atoms with Gasteiger partial charge >= 0.3 is 0 Å². The lowest BCUT2D eigenvalue weighted by Crippen LogP contribution is -2.39. The quantitative estimate of drug-likeness (QED) is 0.584. The normalized spacial score (nSPS) is 19.4. The summed E-state index contributed by atoms with van der Waals surface area (Å²) in [5, 5.41) is 1.09. The van der Waals surface area contributed by atoms with E-state index in [2.05, 4.69) is 37.9 Å². The molecule has 0 spiro atoms. The zero-order valence-corrected chi connectivity index (χ0v) is 19.8. The molecule has 34 heavy (non-hydrogen) atoms. The van der Waals surface area contributed by atoms with Crippen LogP contribution in [-0.2, 0) is 11.3 Å². The van der Waals surface area contributed by atoms with Gasteiger partial charge in [0.15, 0.2) is 0 Å². The zero-order valence-electron chi connectivity index (χ0n) is 19.8. The molecular weight excluding hydrogens is 428 g/mol. The molecule has 2 aromatic heterocycles. The first-order valence-corrected chi connectivity index (χ1v) is 12.0. The number of hydrogen-bond donors (Lipinski definition) is 2. The first-order valence-electron chi connectivity index (χ1n) is 12.0. The van der Waals surface area contributed by atoms with Gasteiger partial charge in [0.05, 0.1) is 5.52 Å². The third kappa shape index (κ3) is 5.19.